The molecule has 0 radical (unpaired) electrons. The number of hydrogen-bond acceptors (Lipinski definition) is 2. The first-order valence-corrected chi connectivity index (χ1v) is 6.11. The van der Waals surface area contributed by atoms with Crippen LogP contribution in [0.5, 0.6) is 0 Å². The fraction of sp³-hybridized carbons (Fsp3) is 0.357. The minimum absolute atomic E-state index is 0.0413. The van der Waals surface area contributed by atoms with Crippen LogP contribution in [0.2, 0.25) is 0 Å². The van der Waals surface area contributed by atoms with Gasteiger partial charge in [0.05, 0.1) is 6.61 Å². The van der Waals surface area contributed by atoms with Gasteiger partial charge in [0.1, 0.15) is 0 Å². The van der Waals surface area contributed by atoms with Gasteiger partial charge in [-0.3, -0.25) is 4.79 Å². The Kier molecular flexibility index (Phi) is 4.36. The minimum Gasteiger partial charge on any atom is -0.384 e. The Bertz CT molecular complexity index is 519. The van der Waals surface area contributed by atoms with Crippen molar-refractivity contribution in [2.24, 2.45) is 0 Å². The number of nitrogens with one attached hydrogen (secondary N) is 2. The molecule has 0 saturated carbocycles. The highest BCUT2D eigenvalue weighted by atomic mass is 16.5. The number of hydrogen-bond donors (Lipinski definition) is 2. The summed E-state index contributed by atoms with van der Waals surface area (Å²) in [5, 5.41) is 4.09. The van der Waals surface area contributed by atoms with E-state index in [1.165, 1.54) is 10.9 Å². The second kappa shape index (κ2) is 6.21. The zero-order valence-electron chi connectivity index (χ0n) is 10.5. The van der Waals surface area contributed by atoms with Crippen molar-refractivity contribution in [1.82, 2.24) is 10.3 Å². The average molecular weight is 246 g/mol. The van der Waals surface area contributed by atoms with Crippen LogP contribution in [0.1, 0.15) is 12.0 Å². The highest BCUT2D eigenvalue weighted by Gasteiger charge is 2.01. The van der Waals surface area contributed by atoms with Gasteiger partial charge in [0.25, 0.3) is 0 Å². The van der Waals surface area contributed by atoms with Crippen LogP contribution < -0.4 is 5.32 Å². The van der Waals surface area contributed by atoms with Gasteiger partial charge in [-0.1, -0.05) is 6.07 Å². The van der Waals surface area contributed by atoms with E-state index in [4.69, 9.17) is 4.74 Å². The van der Waals surface area contributed by atoms with Crippen molar-refractivity contribution in [1.29, 1.82) is 0 Å². The van der Waals surface area contributed by atoms with Gasteiger partial charge in [-0.15, -0.1) is 0 Å². The molecule has 0 aliphatic heterocycles. The van der Waals surface area contributed by atoms with E-state index in [1.54, 1.807) is 7.11 Å². The van der Waals surface area contributed by atoms with Crippen molar-refractivity contribution in [3.8, 4) is 0 Å². The molecule has 1 heterocycles. The Hall–Kier alpha value is -1.81. The molecule has 0 saturated heterocycles. The van der Waals surface area contributed by atoms with Gasteiger partial charge in [-0.25, -0.2) is 0 Å². The van der Waals surface area contributed by atoms with Crippen molar-refractivity contribution in [2.45, 2.75) is 12.8 Å². The number of aromatic amines is 1. The summed E-state index contributed by atoms with van der Waals surface area (Å²) < 4.78 is 4.85. The van der Waals surface area contributed by atoms with E-state index >= 15 is 0 Å². The average Bonchev–Trinajstić information content (AvgIpc) is 2.83. The Balaban J connectivity index is 1.81. The molecule has 1 aromatic heterocycles. The van der Waals surface area contributed by atoms with Gasteiger partial charge in [0.2, 0.25) is 5.91 Å². The number of fused-ring (bicyclic) bond motifs is 1. The molecule has 2 rings (SSSR count). The standard InChI is InChI=1S/C14H18N2O2/c1-18-9-6-14(17)16-7-4-11-2-3-13-12(10-11)5-8-15-13/h2-3,5,8,10,15H,4,6-7,9H2,1H3,(H,16,17). The number of benzene rings is 1. The molecule has 0 aliphatic rings. The number of ether oxygens (including phenoxy) is 1. The molecule has 96 valence electrons. The molecule has 18 heavy (non-hydrogen) atoms. The van der Waals surface area contributed by atoms with Gasteiger partial charge in [0.15, 0.2) is 0 Å². The molecule has 2 aromatic rings. The minimum atomic E-state index is 0.0413. The predicted molar refractivity (Wildman–Crippen MR) is 71.5 cm³/mol. The summed E-state index contributed by atoms with van der Waals surface area (Å²) in [7, 11) is 1.60. The monoisotopic (exact) mass is 246 g/mol. The van der Waals surface area contributed by atoms with E-state index in [9.17, 15) is 4.79 Å². The summed E-state index contributed by atoms with van der Waals surface area (Å²) in [6.07, 6.45) is 3.20. The molecule has 1 aromatic carbocycles. The Morgan fingerprint density at radius 2 is 2.28 bits per heavy atom. The Labute approximate surface area is 106 Å². The van der Waals surface area contributed by atoms with Crippen molar-refractivity contribution in [3.05, 3.63) is 36.0 Å². The summed E-state index contributed by atoms with van der Waals surface area (Å²) >= 11 is 0. The molecule has 0 fully saturated rings. The maximum Gasteiger partial charge on any atom is 0.222 e. The van der Waals surface area contributed by atoms with Crippen LogP contribution in [0.3, 0.4) is 0 Å². The van der Waals surface area contributed by atoms with Crippen LogP contribution in [-0.2, 0) is 16.0 Å². The van der Waals surface area contributed by atoms with E-state index in [-0.39, 0.29) is 5.91 Å². The van der Waals surface area contributed by atoms with Crippen LogP contribution in [0, 0.1) is 0 Å². The van der Waals surface area contributed by atoms with E-state index in [0.717, 1.165) is 11.9 Å². The van der Waals surface area contributed by atoms with E-state index in [2.05, 4.69) is 34.6 Å². The molecule has 0 bridgehead atoms. The fourth-order valence-electron chi connectivity index (χ4n) is 1.89. The molecular formula is C14H18N2O2. The maximum absolute atomic E-state index is 11.4. The summed E-state index contributed by atoms with van der Waals surface area (Å²) in [4.78, 5) is 14.5. The van der Waals surface area contributed by atoms with E-state index < -0.39 is 0 Å². The number of carbonyl (C=O) groups excluding carboxylic acids is 1. The quantitative estimate of drug-likeness (QED) is 0.817. The molecule has 0 spiro atoms. The van der Waals surface area contributed by atoms with Gasteiger partial charge < -0.3 is 15.0 Å². The normalized spacial score (nSPS) is 10.7. The summed E-state index contributed by atoms with van der Waals surface area (Å²) in [5.74, 6) is 0.0413. The van der Waals surface area contributed by atoms with Crippen LogP contribution in [0.25, 0.3) is 10.9 Å². The fourth-order valence-corrected chi connectivity index (χ4v) is 1.89. The van der Waals surface area contributed by atoms with Gasteiger partial charge in [0, 0.05) is 31.8 Å². The molecule has 4 nitrogen and oxygen atoms in total. The smallest absolute Gasteiger partial charge is 0.222 e. The number of amides is 1. The van der Waals surface area contributed by atoms with Crippen molar-refractivity contribution >= 4 is 16.8 Å². The lowest BCUT2D eigenvalue weighted by molar-refractivity contribution is -0.121. The highest BCUT2D eigenvalue weighted by Crippen LogP contribution is 2.14. The number of carbonyl (C=O) groups is 1. The van der Waals surface area contributed by atoms with Gasteiger partial charge in [-0.2, -0.15) is 0 Å². The zero-order valence-corrected chi connectivity index (χ0v) is 10.5. The third kappa shape index (κ3) is 3.34. The number of aromatic nitrogens is 1. The first-order chi connectivity index (χ1) is 8.79. The lowest BCUT2D eigenvalue weighted by Crippen LogP contribution is -2.26. The Morgan fingerprint density at radius 1 is 1.39 bits per heavy atom. The number of rotatable bonds is 6. The van der Waals surface area contributed by atoms with Crippen molar-refractivity contribution in [3.63, 3.8) is 0 Å². The molecule has 0 aliphatic carbocycles. The summed E-state index contributed by atoms with van der Waals surface area (Å²) in [5.41, 5.74) is 2.37. The van der Waals surface area contributed by atoms with Crippen LogP contribution in [-0.4, -0.2) is 31.2 Å². The maximum atomic E-state index is 11.4. The molecule has 0 atom stereocenters. The first-order valence-electron chi connectivity index (χ1n) is 6.11. The van der Waals surface area contributed by atoms with Crippen LogP contribution in [0.4, 0.5) is 0 Å². The third-order valence-corrected chi connectivity index (χ3v) is 2.89. The van der Waals surface area contributed by atoms with E-state index in [0.29, 0.717) is 19.6 Å². The molecule has 4 heteroatoms. The second-order valence-electron chi connectivity index (χ2n) is 4.24. The van der Waals surface area contributed by atoms with Gasteiger partial charge in [-0.05, 0) is 35.6 Å². The largest absolute Gasteiger partial charge is 0.384 e. The van der Waals surface area contributed by atoms with E-state index in [1.807, 2.05) is 6.20 Å². The SMILES string of the molecule is COCCC(=O)NCCc1ccc2[nH]ccc2c1. The zero-order chi connectivity index (χ0) is 12.8. The lowest BCUT2D eigenvalue weighted by Gasteiger charge is -2.05. The van der Waals surface area contributed by atoms with Crippen molar-refractivity contribution < 1.29 is 9.53 Å². The van der Waals surface area contributed by atoms with Crippen molar-refractivity contribution in [2.75, 3.05) is 20.3 Å². The Morgan fingerprint density at radius 3 is 3.11 bits per heavy atom. The highest BCUT2D eigenvalue weighted by molar-refractivity contribution is 5.80. The molecule has 2 N–H and O–H groups in total. The first kappa shape index (κ1) is 12.6. The second-order valence-corrected chi connectivity index (χ2v) is 4.24. The lowest BCUT2D eigenvalue weighted by atomic mass is 10.1. The van der Waals surface area contributed by atoms with Crippen LogP contribution in [0.15, 0.2) is 30.5 Å². The molecular weight excluding hydrogens is 228 g/mol. The topological polar surface area (TPSA) is 54.1 Å². The molecule has 0 unspecified atom stereocenters. The molecule has 1 amide bonds. The predicted octanol–water partition coefficient (Wildman–Crippen LogP) is 1.86. The third-order valence-electron chi connectivity index (χ3n) is 2.89. The number of methoxy groups -OCH3 is 1. The summed E-state index contributed by atoms with van der Waals surface area (Å²) in [6, 6.07) is 8.35. The van der Waals surface area contributed by atoms with Crippen LogP contribution >= 0.6 is 0 Å². The number of H-pyrrole nitrogens is 1. The van der Waals surface area contributed by atoms with Gasteiger partial charge >= 0.3 is 0 Å². The summed E-state index contributed by atoms with van der Waals surface area (Å²) in [6.45, 7) is 1.14.